The van der Waals surface area contributed by atoms with Gasteiger partial charge in [-0.25, -0.2) is 4.98 Å². The molecule has 0 saturated carbocycles. The molecule has 1 saturated heterocycles. The smallest absolute Gasteiger partial charge is 0.228 e. The summed E-state index contributed by atoms with van der Waals surface area (Å²) >= 11 is 0. The minimum absolute atomic E-state index is 0.00796. The number of nitrogens with one attached hydrogen (secondary N) is 1. The van der Waals surface area contributed by atoms with Gasteiger partial charge in [0.05, 0.1) is 6.61 Å². The van der Waals surface area contributed by atoms with Gasteiger partial charge in [-0.15, -0.1) is 0 Å². The second-order valence-corrected chi connectivity index (χ2v) is 6.17. The number of hydrogen-bond donors (Lipinski definition) is 1. The number of fused-ring (bicyclic) bond motifs is 1. The number of benzene rings is 1. The summed E-state index contributed by atoms with van der Waals surface area (Å²) in [6.45, 7) is 1.92. The van der Waals surface area contributed by atoms with E-state index in [1.807, 2.05) is 24.4 Å². The molecule has 0 spiro atoms. The fourth-order valence-electron chi connectivity index (χ4n) is 3.32. The Morgan fingerprint density at radius 2 is 1.92 bits per heavy atom. The summed E-state index contributed by atoms with van der Waals surface area (Å²) in [7, 11) is 0. The molecule has 1 aromatic heterocycles. The van der Waals surface area contributed by atoms with Crippen molar-refractivity contribution in [3.63, 3.8) is 0 Å². The molecule has 3 heterocycles. The van der Waals surface area contributed by atoms with Crippen molar-refractivity contribution >= 4 is 11.7 Å². The summed E-state index contributed by atoms with van der Waals surface area (Å²) in [6.07, 6.45) is 4.19. The average molecular weight is 324 g/mol. The number of carbonyl (C=O) groups excluding carboxylic acids is 1. The van der Waals surface area contributed by atoms with Crippen molar-refractivity contribution in [1.29, 1.82) is 0 Å². The number of nitrogens with zero attached hydrogens (tertiary/aromatic N) is 1. The van der Waals surface area contributed by atoms with Crippen LogP contribution in [0.25, 0.3) is 11.1 Å². The van der Waals surface area contributed by atoms with Gasteiger partial charge in [0.1, 0.15) is 0 Å². The van der Waals surface area contributed by atoms with Crippen LogP contribution in [0.15, 0.2) is 36.5 Å². The third-order valence-corrected chi connectivity index (χ3v) is 4.65. The molecule has 1 aromatic carbocycles. The van der Waals surface area contributed by atoms with Crippen LogP contribution < -0.4 is 10.1 Å². The molecule has 2 aromatic rings. The minimum atomic E-state index is -0.00796. The first-order valence-electron chi connectivity index (χ1n) is 8.41. The summed E-state index contributed by atoms with van der Waals surface area (Å²) in [4.78, 5) is 16.9. The highest BCUT2D eigenvalue weighted by molar-refractivity contribution is 5.94. The first-order valence-corrected chi connectivity index (χ1v) is 8.41. The third kappa shape index (κ3) is 2.87. The molecule has 5 nitrogen and oxygen atoms in total. The summed E-state index contributed by atoms with van der Waals surface area (Å²) in [5.41, 5.74) is 3.32. The van der Waals surface area contributed by atoms with E-state index in [0.717, 1.165) is 41.7 Å². The summed E-state index contributed by atoms with van der Waals surface area (Å²) in [5, 5.41) is 2.96. The zero-order valence-corrected chi connectivity index (χ0v) is 13.5. The van der Waals surface area contributed by atoms with E-state index in [2.05, 4.69) is 22.4 Å². The van der Waals surface area contributed by atoms with Crippen LogP contribution in [0.5, 0.6) is 5.75 Å². The molecule has 0 bridgehead atoms. The largest absolute Gasteiger partial charge is 0.489 e. The van der Waals surface area contributed by atoms with Gasteiger partial charge in [0.15, 0.2) is 11.6 Å². The number of rotatable bonds is 3. The van der Waals surface area contributed by atoms with Gasteiger partial charge in [-0.05, 0) is 18.4 Å². The molecule has 24 heavy (non-hydrogen) atoms. The van der Waals surface area contributed by atoms with Crippen LogP contribution in [0.2, 0.25) is 0 Å². The quantitative estimate of drug-likeness (QED) is 0.943. The summed E-state index contributed by atoms with van der Waals surface area (Å²) < 4.78 is 11.1. The molecule has 2 aliphatic heterocycles. The number of pyridine rings is 1. The number of hydrogen-bond acceptors (Lipinski definition) is 4. The standard InChI is InChI=1S/C19H20N2O3/c22-19(14-6-9-23-10-7-14)21-18-17-15(8-11-24-17)16(12-20-18)13-4-2-1-3-5-13/h1-5,12,14H,6-11H2,(H,20,21,22). The second-order valence-electron chi connectivity index (χ2n) is 6.17. The molecule has 0 atom stereocenters. The highest BCUT2D eigenvalue weighted by Crippen LogP contribution is 2.39. The Labute approximate surface area is 141 Å². The lowest BCUT2D eigenvalue weighted by molar-refractivity contribution is -0.122. The van der Waals surface area contributed by atoms with E-state index >= 15 is 0 Å². The van der Waals surface area contributed by atoms with E-state index in [4.69, 9.17) is 9.47 Å². The lowest BCUT2D eigenvalue weighted by Crippen LogP contribution is -2.29. The van der Waals surface area contributed by atoms with Crippen molar-refractivity contribution in [3.8, 4) is 16.9 Å². The zero-order chi connectivity index (χ0) is 16.4. The molecule has 4 rings (SSSR count). The van der Waals surface area contributed by atoms with Crippen molar-refractivity contribution in [1.82, 2.24) is 4.98 Å². The first kappa shape index (κ1) is 15.1. The topological polar surface area (TPSA) is 60.5 Å². The van der Waals surface area contributed by atoms with Crippen LogP contribution in [-0.2, 0) is 16.0 Å². The maximum Gasteiger partial charge on any atom is 0.228 e. The Morgan fingerprint density at radius 3 is 2.71 bits per heavy atom. The summed E-state index contributed by atoms with van der Waals surface area (Å²) in [5.74, 6) is 1.26. The lowest BCUT2D eigenvalue weighted by atomic mass is 9.98. The molecule has 5 heteroatoms. The summed E-state index contributed by atoms with van der Waals surface area (Å²) in [6, 6.07) is 10.2. The molecule has 0 radical (unpaired) electrons. The molecule has 124 valence electrons. The van der Waals surface area contributed by atoms with Crippen LogP contribution in [-0.4, -0.2) is 30.7 Å². The van der Waals surface area contributed by atoms with Gasteiger partial charge >= 0.3 is 0 Å². The van der Waals surface area contributed by atoms with Gasteiger partial charge < -0.3 is 14.8 Å². The van der Waals surface area contributed by atoms with Crippen molar-refractivity contribution in [3.05, 3.63) is 42.1 Å². The third-order valence-electron chi connectivity index (χ3n) is 4.65. The van der Waals surface area contributed by atoms with Crippen LogP contribution in [0, 0.1) is 5.92 Å². The van der Waals surface area contributed by atoms with Crippen molar-refractivity contribution in [2.75, 3.05) is 25.1 Å². The Morgan fingerprint density at radius 1 is 1.12 bits per heavy atom. The fourth-order valence-corrected chi connectivity index (χ4v) is 3.32. The van der Waals surface area contributed by atoms with Crippen molar-refractivity contribution < 1.29 is 14.3 Å². The van der Waals surface area contributed by atoms with E-state index < -0.39 is 0 Å². The highest BCUT2D eigenvalue weighted by Gasteiger charge is 2.26. The Kier molecular flexibility index (Phi) is 4.17. The van der Waals surface area contributed by atoms with E-state index in [0.29, 0.717) is 25.6 Å². The Bertz CT molecular complexity index is 740. The molecule has 1 N–H and O–H groups in total. The maximum atomic E-state index is 12.5. The highest BCUT2D eigenvalue weighted by atomic mass is 16.5. The van der Waals surface area contributed by atoms with Crippen molar-refractivity contribution in [2.24, 2.45) is 5.92 Å². The average Bonchev–Trinajstić information content (AvgIpc) is 3.13. The van der Waals surface area contributed by atoms with Crippen LogP contribution >= 0.6 is 0 Å². The molecule has 0 unspecified atom stereocenters. The number of anilines is 1. The zero-order valence-electron chi connectivity index (χ0n) is 13.5. The molecule has 1 fully saturated rings. The van der Waals surface area contributed by atoms with Gasteiger partial charge in [-0.1, -0.05) is 30.3 Å². The lowest BCUT2D eigenvalue weighted by Gasteiger charge is -2.21. The molecule has 0 aliphatic carbocycles. The maximum absolute atomic E-state index is 12.5. The first-order chi connectivity index (χ1) is 11.8. The van der Waals surface area contributed by atoms with E-state index in [9.17, 15) is 4.79 Å². The number of amides is 1. The van der Waals surface area contributed by atoms with E-state index in [1.54, 1.807) is 0 Å². The minimum Gasteiger partial charge on any atom is -0.489 e. The normalized spacial score (nSPS) is 17.2. The predicted octanol–water partition coefficient (Wildman–Crippen LogP) is 3.05. The number of aromatic nitrogens is 1. The number of ether oxygens (including phenoxy) is 2. The van der Waals surface area contributed by atoms with E-state index in [1.165, 1.54) is 0 Å². The Hall–Kier alpha value is -2.40. The molecule has 1 amide bonds. The second kappa shape index (κ2) is 6.61. The van der Waals surface area contributed by atoms with Gasteiger partial charge in [0, 0.05) is 42.9 Å². The molecular weight excluding hydrogens is 304 g/mol. The van der Waals surface area contributed by atoms with Crippen molar-refractivity contribution in [2.45, 2.75) is 19.3 Å². The molecular formula is C19H20N2O3. The monoisotopic (exact) mass is 324 g/mol. The van der Waals surface area contributed by atoms with Gasteiger partial charge in [0.2, 0.25) is 5.91 Å². The van der Waals surface area contributed by atoms with E-state index in [-0.39, 0.29) is 11.8 Å². The molecule has 2 aliphatic rings. The number of carbonyl (C=O) groups is 1. The van der Waals surface area contributed by atoms with Crippen LogP contribution in [0.3, 0.4) is 0 Å². The van der Waals surface area contributed by atoms with Gasteiger partial charge in [-0.2, -0.15) is 0 Å². The SMILES string of the molecule is O=C(Nc1ncc(-c2ccccc2)c2c1OCC2)C1CCOCC1. The fraction of sp³-hybridized carbons (Fsp3) is 0.368. The van der Waals surface area contributed by atoms with Gasteiger partial charge in [0.25, 0.3) is 0 Å². The van der Waals surface area contributed by atoms with Gasteiger partial charge in [-0.3, -0.25) is 4.79 Å². The van der Waals surface area contributed by atoms with Crippen LogP contribution in [0.1, 0.15) is 18.4 Å². The Balaban J connectivity index is 1.61. The van der Waals surface area contributed by atoms with Crippen LogP contribution in [0.4, 0.5) is 5.82 Å². The predicted molar refractivity (Wildman–Crippen MR) is 91.0 cm³/mol.